The second kappa shape index (κ2) is 12.0. The number of rotatable bonds is 9. The zero-order valence-corrected chi connectivity index (χ0v) is 20.4. The lowest BCUT2D eigenvalue weighted by atomic mass is 10.3. The highest BCUT2D eigenvalue weighted by Gasteiger charge is 2.31. The van der Waals surface area contributed by atoms with E-state index in [1.165, 1.54) is 30.5 Å². The van der Waals surface area contributed by atoms with Crippen molar-refractivity contribution >= 4 is 39.2 Å². The number of urea groups is 1. The number of carbonyl (C=O) groups excluding carboxylic acids is 2. The highest BCUT2D eigenvalue weighted by Crippen LogP contribution is 2.24. The summed E-state index contributed by atoms with van der Waals surface area (Å²) >= 11 is 5.84. The summed E-state index contributed by atoms with van der Waals surface area (Å²) in [6, 6.07) is 12.1. The van der Waals surface area contributed by atoms with Crippen molar-refractivity contribution < 1.29 is 40.3 Å². The Bertz CT molecular complexity index is 1300. The number of halogens is 4. The van der Waals surface area contributed by atoms with Gasteiger partial charge in [-0.25, -0.2) is 18.6 Å². The lowest BCUT2D eigenvalue weighted by Gasteiger charge is -2.21. The Kier molecular flexibility index (Phi) is 9.02. The van der Waals surface area contributed by atoms with Crippen LogP contribution in [0.15, 0.2) is 76.2 Å². The number of hydrogen-bond acceptors (Lipinski definition) is 6. The van der Waals surface area contributed by atoms with Crippen LogP contribution in [0, 0.1) is 0 Å². The fourth-order valence-corrected chi connectivity index (χ4v) is 4.47. The minimum Gasteiger partial charge on any atom is -0.468 e. The molecular formula is C22H20ClF3N4O6S. The molecule has 15 heteroatoms. The molecule has 0 aliphatic rings. The molecule has 10 nitrogen and oxygen atoms in total. The predicted molar refractivity (Wildman–Crippen MR) is 126 cm³/mol. The number of hydrogen-bond donors (Lipinski definition) is 3. The van der Waals surface area contributed by atoms with Crippen molar-refractivity contribution in [1.29, 1.82) is 0 Å². The zero-order valence-electron chi connectivity index (χ0n) is 18.8. The Morgan fingerprint density at radius 3 is 2.27 bits per heavy atom. The van der Waals surface area contributed by atoms with Crippen LogP contribution in [-0.2, 0) is 21.4 Å². The van der Waals surface area contributed by atoms with Crippen LogP contribution in [0.25, 0.3) is 0 Å². The van der Waals surface area contributed by atoms with Crippen LogP contribution in [0.1, 0.15) is 12.2 Å². The van der Waals surface area contributed by atoms with E-state index in [0.29, 0.717) is 10.8 Å². The standard InChI is InChI=1S/C22H20ClF3N4O6S/c23-15-3-9-19(10-4-15)37(33,34)30(14-18-2-1-13-35-18)12-11-20(31)28-29-21(32)27-16-5-7-17(8-6-16)36-22(24,25)26/h1-10,13H,11-12,14H2,(H,28,31)(H2,27,29,32). The summed E-state index contributed by atoms with van der Waals surface area (Å²) in [4.78, 5) is 24.2. The van der Waals surface area contributed by atoms with Gasteiger partial charge < -0.3 is 14.5 Å². The maximum absolute atomic E-state index is 13.1. The third kappa shape index (κ3) is 8.70. The van der Waals surface area contributed by atoms with Gasteiger partial charge in [0.25, 0.3) is 0 Å². The van der Waals surface area contributed by atoms with Gasteiger partial charge in [0.15, 0.2) is 0 Å². The zero-order chi connectivity index (χ0) is 27.1. The van der Waals surface area contributed by atoms with Crippen LogP contribution >= 0.6 is 11.6 Å². The summed E-state index contributed by atoms with van der Waals surface area (Å²) in [6.07, 6.45) is -3.79. The number of carbonyl (C=O) groups is 2. The summed E-state index contributed by atoms with van der Waals surface area (Å²) < 4.78 is 72.9. The largest absolute Gasteiger partial charge is 0.573 e. The maximum Gasteiger partial charge on any atom is 0.573 e. The third-order valence-electron chi connectivity index (χ3n) is 4.61. The van der Waals surface area contributed by atoms with Crippen molar-refractivity contribution in [2.75, 3.05) is 11.9 Å². The van der Waals surface area contributed by atoms with Crippen LogP contribution in [-0.4, -0.2) is 37.6 Å². The molecule has 0 bridgehead atoms. The first kappa shape index (κ1) is 27.8. The van der Waals surface area contributed by atoms with E-state index < -0.39 is 34.1 Å². The number of nitrogens with zero attached hydrogens (tertiary/aromatic N) is 1. The number of alkyl halides is 3. The summed E-state index contributed by atoms with van der Waals surface area (Å²) in [5.41, 5.74) is 4.31. The monoisotopic (exact) mass is 560 g/mol. The van der Waals surface area contributed by atoms with Crippen LogP contribution in [0.4, 0.5) is 23.7 Å². The molecular weight excluding hydrogens is 541 g/mol. The van der Waals surface area contributed by atoms with Crippen LogP contribution in [0.5, 0.6) is 5.75 Å². The minimum absolute atomic E-state index is 0.0342. The van der Waals surface area contributed by atoms with Gasteiger partial charge >= 0.3 is 12.4 Å². The lowest BCUT2D eigenvalue weighted by molar-refractivity contribution is -0.274. The summed E-state index contributed by atoms with van der Waals surface area (Å²) in [5.74, 6) is -0.832. The van der Waals surface area contributed by atoms with E-state index in [0.717, 1.165) is 28.6 Å². The van der Waals surface area contributed by atoms with E-state index in [2.05, 4.69) is 20.9 Å². The molecule has 1 aromatic heterocycles. The van der Waals surface area contributed by atoms with Crippen molar-refractivity contribution in [3.05, 3.63) is 77.7 Å². The van der Waals surface area contributed by atoms with Crippen molar-refractivity contribution in [3.63, 3.8) is 0 Å². The summed E-state index contributed by atoms with van der Waals surface area (Å²) in [6.45, 7) is -0.394. The average Bonchev–Trinajstić information content (AvgIpc) is 3.34. The van der Waals surface area contributed by atoms with Crippen LogP contribution in [0.3, 0.4) is 0 Å². The Labute approximate surface area is 214 Å². The minimum atomic E-state index is -4.85. The van der Waals surface area contributed by atoms with E-state index in [4.69, 9.17) is 16.0 Å². The summed E-state index contributed by atoms with van der Waals surface area (Å²) in [7, 11) is -4.02. The van der Waals surface area contributed by atoms with Crippen LogP contribution < -0.4 is 20.9 Å². The molecule has 3 amide bonds. The van der Waals surface area contributed by atoms with Gasteiger partial charge in [-0.3, -0.25) is 10.2 Å². The van der Waals surface area contributed by atoms with Gasteiger partial charge in [0.05, 0.1) is 17.7 Å². The fraction of sp³-hybridized carbons (Fsp3) is 0.182. The number of ether oxygens (including phenoxy) is 1. The SMILES string of the molecule is O=C(CCN(Cc1ccco1)S(=O)(=O)c1ccc(Cl)cc1)NNC(=O)Nc1ccc(OC(F)(F)F)cc1. The fourth-order valence-electron chi connectivity index (χ4n) is 2.93. The lowest BCUT2D eigenvalue weighted by Crippen LogP contribution is -2.45. The molecule has 0 aliphatic heterocycles. The number of sulfonamides is 1. The molecule has 2 aromatic carbocycles. The molecule has 0 aliphatic carbocycles. The van der Waals surface area contributed by atoms with Crippen molar-refractivity contribution in [1.82, 2.24) is 15.2 Å². The molecule has 0 saturated heterocycles. The maximum atomic E-state index is 13.1. The number of benzene rings is 2. The molecule has 3 rings (SSSR count). The number of hydrazine groups is 1. The first-order chi connectivity index (χ1) is 17.4. The molecule has 0 atom stereocenters. The van der Waals surface area contributed by atoms with Crippen LogP contribution in [0.2, 0.25) is 5.02 Å². The first-order valence-corrected chi connectivity index (χ1v) is 12.2. The van der Waals surface area contributed by atoms with E-state index >= 15 is 0 Å². The number of amides is 3. The normalized spacial score (nSPS) is 11.7. The molecule has 0 radical (unpaired) electrons. The molecule has 3 N–H and O–H groups in total. The Balaban J connectivity index is 1.54. The highest BCUT2D eigenvalue weighted by atomic mass is 35.5. The molecule has 3 aromatic rings. The molecule has 0 fully saturated rings. The van der Waals surface area contributed by atoms with Gasteiger partial charge in [0.2, 0.25) is 15.9 Å². The topological polar surface area (TPSA) is 130 Å². The van der Waals surface area contributed by atoms with Crippen molar-refractivity contribution in [3.8, 4) is 5.75 Å². The quantitative estimate of drug-likeness (QED) is 0.335. The van der Waals surface area contributed by atoms with E-state index in [1.807, 2.05) is 0 Å². The number of furan rings is 1. The number of nitrogens with one attached hydrogen (secondary N) is 3. The molecule has 1 heterocycles. The summed E-state index contributed by atoms with van der Waals surface area (Å²) in [5, 5.41) is 2.65. The van der Waals surface area contributed by atoms with Crippen molar-refractivity contribution in [2.24, 2.45) is 0 Å². The first-order valence-electron chi connectivity index (χ1n) is 10.4. The Hall–Kier alpha value is -3.75. The van der Waals surface area contributed by atoms with E-state index in [1.54, 1.807) is 12.1 Å². The van der Waals surface area contributed by atoms with Gasteiger partial charge in [-0.15, -0.1) is 13.2 Å². The Morgan fingerprint density at radius 2 is 1.68 bits per heavy atom. The Morgan fingerprint density at radius 1 is 1.00 bits per heavy atom. The smallest absolute Gasteiger partial charge is 0.468 e. The molecule has 0 spiro atoms. The molecule has 0 saturated carbocycles. The van der Waals surface area contributed by atoms with Gasteiger partial charge in [0, 0.05) is 23.7 Å². The number of anilines is 1. The predicted octanol–water partition coefficient (Wildman–Crippen LogP) is 4.27. The van der Waals surface area contributed by atoms with Gasteiger partial charge in [-0.05, 0) is 60.7 Å². The van der Waals surface area contributed by atoms with Gasteiger partial charge in [-0.1, -0.05) is 11.6 Å². The third-order valence-corrected chi connectivity index (χ3v) is 6.72. The molecule has 0 unspecified atom stereocenters. The average molecular weight is 561 g/mol. The second-order valence-electron chi connectivity index (χ2n) is 7.32. The second-order valence-corrected chi connectivity index (χ2v) is 9.70. The molecule has 37 heavy (non-hydrogen) atoms. The molecule has 198 valence electrons. The van der Waals surface area contributed by atoms with E-state index in [-0.39, 0.29) is 30.1 Å². The van der Waals surface area contributed by atoms with Crippen molar-refractivity contribution in [2.45, 2.75) is 24.2 Å². The van der Waals surface area contributed by atoms with Gasteiger partial charge in [0.1, 0.15) is 11.5 Å². The highest BCUT2D eigenvalue weighted by molar-refractivity contribution is 7.89. The van der Waals surface area contributed by atoms with E-state index in [9.17, 15) is 31.2 Å². The van der Waals surface area contributed by atoms with Gasteiger partial charge in [-0.2, -0.15) is 4.31 Å².